The number of benzene rings is 1. The first-order valence-corrected chi connectivity index (χ1v) is 8.93. The maximum Gasteiger partial charge on any atom is 0.228 e. The van der Waals surface area contributed by atoms with Crippen molar-refractivity contribution in [2.75, 3.05) is 34.0 Å². The van der Waals surface area contributed by atoms with Gasteiger partial charge in [-0.25, -0.2) is 0 Å². The first-order valence-electron chi connectivity index (χ1n) is 8.93. The number of methoxy groups -OCH3 is 2. The highest BCUT2D eigenvalue weighted by Gasteiger charge is 2.44. The van der Waals surface area contributed by atoms with E-state index in [0.717, 1.165) is 43.9 Å². The average Bonchev–Trinajstić information content (AvgIpc) is 2.59. The molecular weight excluding hydrogens is 318 g/mol. The molecule has 0 unspecified atom stereocenters. The van der Waals surface area contributed by atoms with E-state index in [0.29, 0.717) is 12.3 Å². The number of amides is 1. The van der Waals surface area contributed by atoms with Crippen LogP contribution < -0.4 is 9.47 Å². The lowest BCUT2D eigenvalue weighted by Crippen LogP contribution is -2.52. The monoisotopic (exact) mass is 347 g/mol. The Labute approximate surface area is 150 Å². The molecule has 1 spiro atoms. The van der Waals surface area contributed by atoms with Crippen molar-refractivity contribution in [3.63, 3.8) is 0 Å². The van der Waals surface area contributed by atoms with E-state index in [-0.39, 0.29) is 16.7 Å². The number of ether oxygens (including phenoxy) is 3. The average molecular weight is 347 g/mol. The van der Waals surface area contributed by atoms with E-state index in [1.165, 1.54) is 5.56 Å². The Morgan fingerprint density at radius 1 is 1.12 bits per heavy atom. The Morgan fingerprint density at radius 3 is 2.28 bits per heavy atom. The Hall–Kier alpha value is -1.75. The summed E-state index contributed by atoms with van der Waals surface area (Å²) in [4.78, 5) is 15.0. The Morgan fingerprint density at radius 2 is 1.72 bits per heavy atom. The molecule has 1 fully saturated rings. The zero-order chi connectivity index (χ0) is 18.2. The topological polar surface area (TPSA) is 48.0 Å². The van der Waals surface area contributed by atoms with Gasteiger partial charge in [-0.05, 0) is 36.1 Å². The summed E-state index contributed by atoms with van der Waals surface area (Å²) in [6.07, 6.45) is 1.84. The number of rotatable bonds is 2. The molecule has 0 N–H and O–H groups in total. The van der Waals surface area contributed by atoms with Gasteiger partial charge in [-0.15, -0.1) is 0 Å². The van der Waals surface area contributed by atoms with Crippen LogP contribution in [0.4, 0.5) is 0 Å². The standard InChI is InChI=1S/C20H29NO4/c1-19(2,3)18(22)21-12-14-10-16(23-4)17(24-5)11-15(14)20(13-21)6-8-25-9-7-20/h10-11H,6-9,12-13H2,1-5H3. The Kier molecular flexibility index (Phi) is 4.71. The van der Waals surface area contributed by atoms with E-state index in [1.807, 2.05) is 31.7 Å². The Balaban J connectivity index is 2.08. The van der Waals surface area contributed by atoms with Crippen LogP contribution in [0.25, 0.3) is 0 Å². The summed E-state index contributed by atoms with van der Waals surface area (Å²) in [5.74, 6) is 1.66. The molecule has 25 heavy (non-hydrogen) atoms. The highest BCUT2D eigenvalue weighted by atomic mass is 16.5. The molecule has 0 atom stereocenters. The van der Waals surface area contributed by atoms with Crippen LogP contribution in [0, 0.1) is 5.41 Å². The molecule has 5 heteroatoms. The van der Waals surface area contributed by atoms with Crippen LogP contribution in [-0.4, -0.2) is 44.8 Å². The first-order chi connectivity index (χ1) is 11.8. The molecule has 5 nitrogen and oxygen atoms in total. The van der Waals surface area contributed by atoms with Gasteiger partial charge in [0.05, 0.1) is 14.2 Å². The number of hydrogen-bond donors (Lipinski definition) is 0. The molecule has 0 bridgehead atoms. The van der Waals surface area contributed by atoms with E-state index in [1.54, 1.807) is 14.2 Å². The highest BCUT2D eigenvalue weighted by molar-refractivity contribution is 5.82. The fraction of sp³-hybridized carbons (Fsp3) is 0.650. The summed E-state index contributed by atoms with van der Waals surface area (Å²) in [6, 6.07) is 4.14. The van der Waals surface area contributed by atoms with Gasteiger partial charge in [-0.3, -0.25) is 4.79 Å². The van der Waals surface area contributed by atoms with Crippen LogP contribution >= 0.6 is 0 Å². The summed E-state index contributed by atoms with van der Waals surface area (Å²) in [5, 5.41) is 0. The molecular formula is C20H29NO4. The summed E-state index contributed by atoms with van der Waals surface area (Å²) >= 11 is 0. The largest absolute Gasteiger partial charge is 0.493 e. The predicted molar refractivity (Wildman–Crippen MR) is 96.1 cm³/mol. The predicted octanol–water partition coefficient (Wildman–Crippen LogP) is 3.14. The number of carbonyl (C=O) groups is 1. The molecule has 0 aromatic heterocycles. The van der Waals surface area contributed by atoms with Gasteiger partial charge in [0.15, 0.2) is 11.5 Å². The molecule has 2 heterocycles. The van der Waals surface area contributed by atoms with Gasteiger partial charge in [-0.2, -0.15) is 0 Å². The lowest BCUT2D eigenvalue weighted by molar-refractivity contribution is -0.142. The third kappa shape index (κ3) is 3.22. The van der Waals surface area contributed by atoms with Crippen molar-refractivity contribution in [3.8, 4) is 11.5 Å². The second-order valence-corrected chi connectivity index (χ2v) is 8.17. The normalized spacial score (nSPS) is 19.5. The SMILES string of the molecule is COc1cc2c(cc1OC)C1(CCOCC1)CN(C(=O)C(C)(C)C)C2. The van der Waals surface area contributed by atoms with Crippen molar-refractivity contribution in [2.24, 2.45) is 5.41 Å². The van der Waals surface area contributed by atoms with Crippen molar-refractivity contribution in [1.29, 1.82) is 0 Å². The van der Waals surface area contributed by atoms with E-state index in [2.05, 4.69) is 6.07 Å². The van der Waals surface area contributed by atoms with Crippen LogP contribution in [-0.2, 0) is 21.5 Å². The van der Waals surface area contributed by atoms with Crippen molar-refractivity contribution in [2.45, 2.75) is 45.6 Å². The fourth-order valence-electron chi connectivity index (χ4n) is 4.07. The molecule has 1 aromatic carbocycles. The summed E-state index contributed by atoms with van der Waals surface area (Å²) in [7, 11) is 3.31. The number of carbonyl (C=O) groups excluding carboxylic acids is 1. The van der Waals surface area contributed by atoms with Gasteiger partial charge < -0.3 is 19.1 Å². The van der Waals surface area contributed by atoms with E-state index < -0.39 is 0 Å². The molecule has 3 rings (SSSR count). The smallest absolute Gasteiger partial charge is 0.228 e. The molecule has 2 aliphatic heterocycles. The molecule has 2 aliphatic rings. The van der Waals surface area contributed by atoms with Gasteiger partial charge in [0.1, 0.15) is 0 Å². The van der Waals surface area contributed by atoms with Crippen molar-refractivity contribution >= 4 is 5.91 Å². The maximum absolute atomic E-state index is 13.0. The van der Waals surface area contributed by atoms with Crippen LogP contribution in [0.1, 0.15) is 44.7 Å². The second-order valence-electron chi connectivity index (χ2n) is 8.17. The maximum atomic E-state index is 13.0. The summed E-state index contributed by atoms with van der Waals surface area (Å²) in [6.45, 7) is 8.77. The minimum atomic E-state index is -0.388. The van der Waals surface area contributed by atoms with Crippen LogP contribution in [0.2, 0.25) is 0 Å². The second kappa shape index (κ2) is 6.52. The third-order valence-corrected chi connectivity index (χ3v) is 5.41. The van der Waals surface area contributed by atoms with Crippen LogP contribution in [0.5, 0.6) is 11.5 Å². The summed E-state index contributed by atoms with van der Waals surface area (Å²) < 4.78 is 16.6. The van der Waals surface area contributed by atoms with Crippen molar-refractivity contribution in [3.05, 3.63) is 23.3 Å². The molecule has 138 valence electrons. The van der Waals surface area contributed by atoms with E-state index in [4.69, 9.17) is 14.2 Å². The lowest BCUT2D eigenvalue weighted by Gasteiger charge is -2.47. The molecule has 0 radical (unpaired) electrons. The minimum absolute atomic E-state index is 0.0632. The zero-order valence-corrected chi connectivity index (χ0v) is 16.0. The summed E-state index contributed by atoms with van der Waals surface area (Å²) in [5.41, 5.74) is 1.99. The van der Waals surface area contributed by atoms with Crippen LogP contribution in [0.15, 0.2) is 12.1 Å². The Bertz CT molecular complexity index is 656. The van der Waals surface area contributed by atoms with Crippen molar-refractivity contribution < 1.29 is 19.0 Å². The highest BCUT2D eigenvalue weighted by Crippen LogP contribution is 2.45. The van der Waals surface area contributed by atoms with Gasteiger partial charge in [0, 0.05) is 37.1 Å². The zero-order valence-electron chi connectivity index (χ0n) is 16.0. The fourth-order valence-corrected chi connectivity index (χ4v) is 4.07. The molecule has 0 aliphatic carbocycles. The van der Waals surface area contributed by atoms with Crippen LogP contribution in [0.3, 0.4) is 0 Å². The lowest BCUT2D eigenvalue weighted by atomic mass is 9.69. The van der Waals surface area contributed by atoms with E-state index in [9.17, 15) is 4.79 Å². The van der Waals surface area contributed by atoms with Crippen molar-refractivity contribution in [1.82, 2.24) is 4.90 Å². The van der Waals surface area contributed by atoms with Gasteiger partial charge >= 0.3 is 0 Å². The van der Waals surface area contributed by atoms with E-state index >= 15 is 0 Å². The molecule has 1 aromatic rings. The third-order valence-electron chi connectivity index (χ3n) is 5.41. The first kappa shape index (κ1) is 18.1. The number of nitrogens with zero attached hydrogens (tertiary/aromatic N) is 1. The number of fused-ring (bicyclic) bond motifs is 2. The van der Waals surface area contributed by atoms with Gasteiger partial charge in [-0.1, -0.05) is 20.8 Å². The number of hydrogen-bond acceptors (Lipinski definition) is 4. The molecule has 1 amide bonds. The minimum Gasteiger partial charge on any atom is -0.493 e. The van der Waals surface area contributed by atoms with Gasteiger partial charge in [0.25, 0.3) is 0 Å². The van der Waals surface area contributed by atoms with Gasteiger partial charge in [0.2, 0.25) is 5.91 Å². The molecule has 0 saturated carbocycles. The molecule has 1 saturated heterocycles. The quantitative estimate of drug-likeness (QED) is 0.825.